The fourth-order valence-electron chi connectivity index (χ4n) is 2.37. The van der Waals surface area contributed by atoms with Gasteiger partial charge in [-0.2, -0.15) is 0 Å². The average molecular weight is 207 g/mol. The highest BCUT2D eigenvalue weighted by Gasteiger charge is 2.39. The van der Waals surface area contributed by atoms with Gasteiger partial charge < -0.3 is 5.32 Å². The van der Waals surface area contributed by atoms with Crippen LogP contribution in [0, 0.1) is 17.8 Å². The van der Waals surface area contributed by atoms with Crippen LogP contribution in [-0.2, 0) is 4.79 Å². The maximum Gasteiger partial charge on any atom is 0.227 e. The Bertz CT molecular complexity index is 258. The molecule has 1 unspecified atom stereocenters. The minimum atomic E-state index is -0.121. The summed E-state index contributed by atoms with van der Waals surface area (Å²) in [6.45, 7) is 4.10. The molecule has 1 amide bonds. The third-order valence-corrected chi connectivity index (χ3v) is 3.63. The Balaban J connectivity index is 2.62. The molecule has 0 aliphatic heterocycles. The van der Waals surface area contributed by atoms with E-state index in [1.807, 2.05) is 6.92 Å². The third kappa shape index (κ3) is 2.53. The van der Waals surface area contributed by atoms with E-state index in [1.54, 1.807) is 0 Å². The van der Waals surface area contributed by atoms with Crippen molar-refractivity contribution in [1.29, 1.82) is 0 Å². The second-order valence-electron chi connectivity index (χ2n) is 4.44. The molecule has 1 N–H and O–H groups in total. The second-order valence-corrected chi connectivity index (χ2v) is 4.44. The zero-order valence-electron chi connectivity index (χ0n) is 9.81. The van der Waals surface area contributed by atoms with Crippen molar-refractivity contribution >= 4 is 5.91 Å². The van der Waals surface area contributed by atoms with Crippen LogP contribution >= 0.6 is 0 Å². The monoisotopic (exact) mass is 207 g/mol. The Morgan fingerprint density at radius 3 is 2.47 bits per heavy atom. The molecular formula is C13H21NO. The van der Waals surface area contributed by atoms with Crippen LogP contribution in [0.2, 0.25) is 0 Å². The number of hydrogen-bond donors (Lipinski definition) is 1. The molecule has 2 nitrogen and oxygen atoms in total. The normalized spacial score (nSPS) is 20.6. The highest BCUT2D eigenvalue weighted by atomic mass is 16.2. The van der Waals surface area contributed by atoms with E-state index in [0.29, 0.717) is 0 Å². The maximum absolute atomic E-state index is 12.1. The first-order chi connectivity index (χ1) is 7.18. The molecule has 0 aromatic heterocycles. The summed E-state index contributed by atoms with van der Waals surface area (Å²) in [5.41, 5.74) is -0.121. The van der Waals surface area contributed by atoms with Crippen molar-refractivity contribution < 1.29 is 4.79 Å². The van der Waals surface area contributed by atoms with Gasteiger partial charge in [0, 0.05) is 5.41 Å². The van der Waals surface area contributed by atoms with Crippen LogP contribution in [0.1, 0.15) is 52.4 Å². The molecule has 1 atom stereocenters. The molecule has 0 heterocycles. The van der Waals surface area contributed by atoms with E-state index in [4.69, 9.17) is 6.42 Å². The average Bonchev–Trinajstić information content (AvgIpc) is 2.75. The van der Waals surface area contributed by atoms with Crippen LogP contribution in [0.3, 0.4) is 0 Å². The predicted octanol–water partition coefficient (Wildman–Crippen LogP) is 2.48. The molecule has 0 saturated heterocycles. The third-order valence-electron chi connectivity index (χ3n) is 3.63. The first-order valence-corrected chi connectivity index (χ1v) is 5.95. The second kappa shape index (κ2) is 5.21. The zero-order chi connectivity index (χ0) is 11.3. The molecule has 0 radical (unpaired) electrons. The van der Waals surface area contributed by atoms with E-state index in [2.05, 4.69) is 18.2 Å². The van der Waals surface area contributed by atoms with Crippen molar-refractivity contribution in [3.8, 4) is 12.3 Å². The van der Waals surface area contributed by atoms with Crippen molar-refractivity contribution in [2.75, 3.05) is 0 Å². The molecule has 2 heteroatoms. The zero-order valence-corrected chi connectivity index (χ0v) is 9.81. The van der Waals surface area contributed by atoms with E-state index in [1.165, 1.54) is 12.8 Å². The molecule has 0 aromatic rings. The lowest BCUT2D eigenvalue weighted by molar-refractivity contribution is -0.131. The van der Waals surface area contributed by atoms with Gasteiger partial charge in [-0.3, -0.25) is 4.79 Å². The minimum Gasteiger partial charge on any atom is -0.342 e. The molecule has 0 spiro atoms. The topological polar surface area (TPSA) is 29.1 Å². The molecule has 1 rings (SSSR count). The SMILES string of the molecule is C#CC(CC)NC(=O)C1(CC)CCCC1. The summed E-state index contributed by atoms with van der Waals surface area (Å²) < 4.78 is 0. The van der Waals surface area contributed by atoms with Crippen molar-refractivity contribution in [2.24, 2.45) is 5.41 Å². The van der Waals surface area contributed by atoms with E-state index in [9.17, 15) is 4.79 Å². The summed E-state index contributed by atoms with van der Waals surface area (Å²) in [4.78, 5) is 12.1. The summed E-state index contributed by atoms with van der Waals surface area (Å²) in [6, 6.07) is -0.0958. The summed E-state index contributed by atoms with van der Waals surface area (Å²) in [5, 5.41) is 2.98. The van der Waals surface area contributed by atoms with Gasteiger partial charge in [0.15, 0.2) is 0 Å². The summed E-state index contributed by atoms with van der Waals surface area (Å²) in [7, 11) is 0. The summed E-state index contributed by atoms with van der Waals surface area (Å²) >= 11 is 0. The molecule has 1 aliphatic carbocycles. The number of nitrogens with one attached hydrogen (secondary N) is 1. The first kappa shape index (κ1) is 12.1. The Morgan fingerprint density at radius 2 is 2.07 bits per heavy atom. The molecule has 0 aromatic carbocycles. The van der Waals surface area contributed by atoms with Gasteiger partial charge in [-0.15, -0.1) is 6.42 Å². The molecule has 1 fully saturated rings. The van der Waals surface area contributed by atoms with Gasteiger partial charge in [0.2, 0.25) is 5.91 Å². The van der Waals surface area contributed by atoms with Gasteiger partial charge in [-0.1, -0.05) is 32.6 Å². The highest BCUT2D eigenvalue weighted by Crippen LogP contribution is 2.41. The standard InChI is InChI=1S/C13H21NO/c1-4-11(5-2)14-12(15)13(6-3)9-7-8-10-13/h1,11H,5-10H2,2-3H3,(H,14,15). The van der Waals surface area contributed by atoms with Crippen molar-refractivity contribution in [1.82, 2.24) is 5.32 Å². The molecule has 1 aliphatic rings. The predicted molar refractivity (Wildman–Crippen MR) is 62.2 cm³/mol. The molecule has 0 bridgehead atoms. The van der Waals surface area contributed by atoms with Gasteiger partial charge in [0.25, 0.3) is 0 Å². The van der Waals surface area contributed by atoms with Gasteiger partial charge in [-0.05, 0) is 25.7 Å². The Hall–Kier alpha value is -0.970. The van der Waals surface area contributed by atoms with E-state index < -0.39 is 0 Å². The van der Waals surface area contributed by atoms with Gasteiger partial charge >= 0.3 is 0 Å². The van der Waals surface area contributed by atoms with E-state index in [0.717, 1.165) is 25.7 Å². The molecule has 84 valence electrons. The summed E-state index contributed by atoms with van der Waals surface area (Å²) in [6.07, 6.45) is 11.5. The van der Waals surface area contributed by atoms with Crippen LogP contribution in [0.15, 0.2) is 0 Å². The molecule has 1 saturated carbocycles. The van der Waals surface area contributed by atoms with Crippen LogP contribution in [0.25, 0.3) is 0 Å². The lowest BCUT2D eigenvalue weighted by atomic mass is 9.82. The number of hydrogen-bond acceptors (Lipinski definition) is 1. The van der Waals surface area contributed by atoms with Gasteiger partial charge in [0.1, 0.15) is 0 Å². The Labute approximate surface area is 92.8 Å². The van der Waals surface area contributed by atoms with Crippen LogP contribution in [0.5, 0.6) is 0 Å². The number of carbonyl (C=O) groups excluding carboxylic acids is 1. The lowest BCUT2D eigenvalue weighted by Gasteiger charge is -2.27. The minimum absolute atomic E-state index is 0.0958. The fraction of sp³-hybridized carbons (Fsp3) is 0.769. The van der Waals surface area contributed by atoms with Crippen molar-refractivity contribution in [3.63, 3.8) is 0 Å². The number of terminal acetylenes is 1. The quantitative estimate of drug-likeness (QED) is 0.705. The first-order valence-electron chi connectivity index (χ1n) is 5.95. The number of amides is 1. The fourth-order valence-corrected chi connectivity index (χ4v) is 2.37. The Morgan fingerprint density at radius 1 is 1.47 bits per heavy atom. The number of carbonyl (C=O) groups is 1. The van der Waals surface area contributed by atoms with Crippen molar-refractivity contribution in [2.45, 2.75) is 58.4 Å². The van der Waals surface area contributed by atoms with E-state index >= 15 is 0 Å². The molecular weight excluding hydrogens is 186 g/mol. The maximum atomic E-state index is 12.1. The lowest BCUT2D eigenvalue weighted by Crippen LogP contribution is -2.43. The largest absolute Gasteiger partial charge is 0.342 e. The smallest absolute Gasteiger partial charge is 0.227 e. The van der Waals surface area contributed by atoms with Gasteiger partial charge in [0.05, 0.1) is 6.04 Å². The van der Waals surface area contributed by atoms with Crippen molar-refractivity contribution in [3.05, 3.63) is 0 Å². The van der Waals surface area contributed by atoms with E-state index in [-0.39, 0.29) is 17.4 Å². The van der Waals surface area contributed by atoms with Crippen LogP contribution < -0.4 is 5.32 Å². The molecule has 15 heavy (non-hydrogen) atoms. The number of rotatable bonds is 4. The van der Waals surface area contributed by atoms with Crippen LogP contribution in [-0.4, -0.2) is 11.9 Å². The highest BCUT2D eigenvalue weighted by molar-refractivity contribution is 5.83. The Kier molecular flexibility index (Phi) is 4.20. The van der Waals surface area contributed by atoms with Crippen LogP contribution in [0.4, 0.5) is 0 Å². The summed E-state index contributed by atoms with van der Waals surface area (Å²) in [5.74, 6) is 2.79. The van der Waals surface area contributed by atoms with Gasteiger partial charge in [-0.25, -0.2) is 0 Å².